The van der Waals surface area contributed by atoms with E-state index >= 15 is 0 Å². The number of aromatic nitrogens is 1. The van der Waals surface area contributed by atoms with Crippen molar-refractivity contribution in [2.24, 2.45) is 0 Å². The van der Waals surface area contributed by atoms with Gasteiger partial charge in [-0.1, -0.05) is 6.92 Å². The van der Waals surface area contributed by atoms with Gasteiger partial charge in [-0.15, -0.1) is 11.6 Å². The molecule has 0 aliphatic carbocycles. The second-order valence-corrected chi connectivity index (χ2v) is 4.63. The summed E-state index contributed by atoms with van der Waals surface area (Å²) in [5.41, 5.74) is 2.39. The molecule has 0 amide bonds. The van der Waals surface area contributed by atoms with Gasteiger partial charge in [0.25, 0.3) is 0 Å². The number of pyridine rings is 1. The standard InChI is InChI=1S/C12H19ClN2/c1-5-12(2,3)15(4)11-9-14-7-6-10(11)8-13/h6-7,9H,5,8H2,1-4H3. The molecule has 0 bridgehead atoms. The van der Waals surface area contributed by atoms with E-state index in [0.29, 0.717) is 5.88 Å². The molecule has 0 saturated carbocycles. The van der Waals surface area contributed by atoms with E-state index in [1.54, 1.807) is 6.20 Å². The molecule has 1 rings (SSSR count). The summed E-state index contributed by atoms with van der Waals surface area (Å²) in [6, 6.07) is 1.98. The molecule has 1 aromatic rings. The van der Waals surface area contributed by atoms with E-state index < -0.39 is 0 Å². The zero-order valence-corrected chi connectivity index (χ0v) is 10.7. The van der Waals surface area contributed by atoms with Gasteiger partial charge in [-0.3, -0.25) is 4.98 Å². The molecule has 0 spiro atoms. The summed E-state index contributed by atoms with van der Waals surface area (Å²) in [6.07, 6.45) is 4.75. The molecule has 0 aliphatic heterocycles. The predicted octanol–water partition coefficient (Wildman–Crippen LogP) is 3.45. The minimum Gasteiger partial charge on any atom is -0.368 e. The molecule has 0 saturated heterocycles. The average molecular weight is 227 g/mol. The van der Waals surface area contributed by atoms with Crippen molar-refractivity contribution in [3.8, 4) is 0 Å². The zero-order chi connectivity index (χ0) is 11.5. The van der Waals surface area contributed by atoms with Crippen molar-refractivity contribution < 1.29 is 0 Å². The highest BCUT2D eigenvalue weighted by molar-refractivity contribution is 6.17. The van der Waals surface area contributed by atoms with Gasteiger partial charge in [0.1, 0.15) is 0 Å². The molecular formula is C12H19ClN2. The topological polar surface area (TPSA) is 16.1 Å². The first-order valence-electron chi connectivity index (χ1n) is 5.25. The SMILES string of the molecule is CCC(C)(C)N(C)c1cnccc1CCl. The summed E-state index contributed by atoms with van der Waals surface area (Å²) in [7, 11) is 2.09. The van der Waals surface area contributed by atoms with Crippen LogP contribution in [0.5, 0.6) is 0 Å². The molecule has 1 aromatic heterocycles. The van der Waals surface area contributed by atoms with Gasteiger partial charge in [0.2, 0.25) is 0 Å². The Hall–Kier alpha value is -0.760. The van der Waals surface area contributed by atoms with Crippen molar-refractivity contribution in [1.29, 1.82) is 0 Å². The van der Waals surface area contributed by atoms with Crippen LogP contribution in [0.1, 0.15) is 32.8 Å². The average Bonchev–Trinajstić information content (AvgIpc) is 2.28. The maximum Gasteiger partial charge on any atom is 0.0599 e. The first-order chi connectivity index (χ1) is 7.03. The minimum atomic E-state index is 0.129. The van der Waals surface area contributed by atoms with E-state index in [1.807, 2.05) is 12.3 Å². The summed E-state index contributed by atoms with van der Waals surface area (Å²) in [5, 5.41) is 0. The van der Waals surface area contributed by atoms with Crippen molar-refractivity contribution >= 4 is 17.3 Å². The molecule has 84 valence electrons. The van der Waals surface area contributed by atoms with Gasteiger partial charge in [0.15, 0.2) is 0 Å². The Morgan fingerprint density at radius 1 is 1.47 bits per heavy atom. The zero-order valence-electron chi connectivity index (χ0n) is 9.92. The van der Waals surface area contributed by atoms with Crippen molar-refractivity contribution in [2.75, 3.05) is 11.9 Å². The maximum atomic E-state index is 5.91. The Bertz CT molecular complexity index is 323. The highest BCUT2D eigenvalue weighted by atomic mass is 35.5. The molecular weight excluding hydrogens is 208 g/mol. The Kier molecular flexibility index (Phi) is 3.97. The summed E-state index contributed by atoms with van der Waals surface area (Å²) in [4.78, 5) is 6.41. The van der Waals surface area contributed by atoms with E-state index in [4.69, 9.17) is 11.6 Å². The predicted molar refractivity (Wildman–Crippen MR) is 66.6 cm³/mol. The van der Waals surface area contributed by atoms with Gasteiger partial charge < -0.3 is 4.90 Å². The Balaban J connectivity index is 3.05. The van der Waals surface area contributed by atoms with Crippen LogP contribution in [0.4, 0.5) is 5.69 Å². The molecule has 0 fully saturated rings. The highest BCUT2D eigenvalue weighted by Gasteiger charge is 2.23. The summed E-state index contributed by atoms with van der Waals surface area (Å²) in [6.45, 7) is 6.63. The molecule has 0 N–H and O–H groups in total. The number of halogens is 1. The lowest BCUT2D eigenvalue weighted by Crippen LogP contribution is -2.41. The van der Waals surface area contributed by atoms with Crippen LogP contribution in [0, 0.1) is 0 Å². The molecule has 0 aromatic carbocycles. The fourth-order valence-electron chi connectivity index (χ4n) is 1.39. The quantitative estimate of drug-likeness (QED) is 0.732. The number of nitrogens with zero attached hydrogens (tertiary/aromatic N) is 2. The number of hydrogen-bond acceptors (Lipinski definition) is 2. The van der Waals surface area contributed by atoms with Gasteiger partial charge in [0, 0.05) is 24.7 Å². The molecule has 0 unspecified atom stereocenters. The molecule has 15 heavy (non-hydrogen) atoms. The second-order valence-electron chi connectivity index (χ2n) is 4.36. The molecule has 3 heteroatoms. The lowest BCUT2D eigenvalue weighted by Gasteiger charge is -2.37. The van der Waals surface area contributed by atoms with Crippen LogP contribution in [0.15, 0.2) is 18.5 Å². The van der Waals surface area contributed by atoms with Crippen molar-refractivity contribution in [2.45, 2.75) is 38.6 Å². The summed E-state index contributed by atoms with van der Waals surface area (Å²) >= 11 is 5.91. The molecule has 0 atom stereocenters. The first kappa shape index (κ1) is 12.3. The number of alkyl halides is 1. The van der Waals surface area contributed by atoms with Crippen molar-refractivity contribution in [1.82, 2.24) is 4.98 Å². The van der Waals surface area contributed by atoms with E-state index in [-0.39, 0.29) is 5.54 Å². The van der Waals surface area contributed by atoms with E-state index in [1.165, 1.54) is 0 Å². The number of hydrogen-bond donors (Lipinski definition) is 0. The van der Waals surface area contributed by atoms with Gasteiger partial charge >= 0.3 is 0 Å². The van der Waals surface area contributed by atoms with E-state index in [9.17, 15) is 0 Å². The van der Waals surface area contributed by atoms with Crippen molar-refractivity contribution in [3.05, 3.63) is 24.0 Å². The third-order valence-corrected chi connectivity index (χ3v) is 3.45. The fraction of sp³-hybridized carbons (Fsp3) is 0.583. The lowest BCUT2D eigenvalue weighted by molar-refractivity contribution is 0.469. The fourth-order valence-corrected chi connectivity index (χ4v) is 1.62. The van der Waals surface area contributed by atoms with Crippen LogP contribution in [0.25, 0.3) is 0 Å². The number of anilines is 1. The third kappa shape index (κ3) is 2.63. The Labute approximate surface area is 97.3 Å². The van der Waals surface area contributed by atoms with Gasteiger partial charge in [-0.25, -0.2) is 0 Å². The van der Waals surface area contributed by atoms with Crippen LogP contribution in [-0.2, 0) is 5.88 Å². The van der Waals surface area contributed by atoms with E-state index in [2.05, 4.69) is 37.7 Å². The largest absolute Gasteiger partial charge is 0.368 e. The highest BCUT2D eigenvalue weighted by Crippen LogP contribution is 2.27. The lowest BCUT2D eigenvalue weighted by atomic mass is 9.99. The minimum absolute atomic E-state index is 0.129. The third-order valence-electron chi connectivity index (χ3n) is 3.17. The Morgan fingerprint density at radius 3 is 2.67 bits per heavy atom. The van der Waals surface area contributed by atoms with Crippen LogP contribution in [0.3, 0.4) is 0 Å². The summed E-state index contributed by atoms with van der Waals surface area (Å²) in [5.74, 6) is 0.530. The normalized spacial score (nSPS) is 11.5. The Morgan fingerprint density at radius 2 is 2.13 bits per heavy atom. The molecule has 0 radical (unpaired) electrons. The first-order valence-corrected chi connectivity index (χ1v) is 5.79. The van der Waals surface area contributed by atoms with Gasteiger partial charge in [0.05, 0.1) is 11.9 Å². The smallest absolute Gasteiger partial charge is 0.0599 e. The molecule has 1 heterocycles. The molecule has 0 aliphatic rings. The van der Waals surface area contributed by atoms with Gasteiger partial charge in [-0.2, -0.15) is 0 Å². The molecule has 2 nitrogen and oxygen atoms in total. The monoisotopic (exact) mass is 226 g/mol. The van der Waals surface area contributed by atoms with Crippen molar-refractivity contribution in [3.63, 3.8) is 0 Å². The maximum absolute atomic E-state index is 5.91. The van der Waals surface area contributed by atoms with Crippen LogP contribution in [0.2, 0.25) is 0 Å². The number of rotatable bonds is 4. The van der Waals surface area contributed by atoms with E-state index in [0.717, 1.165) is 17.7 Å². The van der Waals surface area contributed by atoms with Crippen LogP contribution < -0.4 is 4.90 Å². The second kappa shape index (κ2) is 4.84. The van der Waals surface area contributed by atoms with Crippen LogP contribution in [-0.4, -0.2) is 17.6 Å². The van der Waals surface area contributed by atoms with Crippen LogP contribution >= 0.6 is 11.6 Å². The van der Waals surface area contributed by atoms with Gasteiger partial charge in [-0.05, 0) is 31.9 Å². The summed E-state index contributed by atoms with van der Waals surface area (Å²) < 4.78 is 0.